The van der Waals surface area contributed by atoms with E-state index in [1.54, 1.807) is 0 Å². The van der Waals surface area contributed by atoms with Crippen molar-refractivity contribution in [2.45, 2.75) is 12.4 Å². The fourth-order valence-corrected chi connectivity index (χ4v) is 2.81. The van der Waals surface area contributed by atoms with Gasteiger partial charge in [-0.3, -0.25) is 25.2 Å². The SMILES string of the molecule is O=C(/C=C\n1cnc(-c2cc(C(F)(F)F)cc(C(F)(F)F)c2)n1)NNC(=O)CN1CCOCC1=O. The van der Waals surface area contributed by atoms with Crippen LogP contribution in [0.15, 0.2) is 30.6 Å². The predicted molar refractivity (Wildman–Crippen MR) is 104 cm³/mol. The number of amides is 3. The van der Waals surface area contributed by atoms with Crippen molar-refractivity contribution in [1.82, 2.24) is 30.5 Å². The second-order valence-corrected chi connectivity index (χ2v) is 7.06. The van der Waals surface area contributed by atoms with Crippen LogP contribution in [0.4, 0.5) is 26.3 Å². The molecule has 2 N–H and O–H groups in total. The first-order valence-corrected chi connectivity index (χ1v) is 9.66. The van der Waals surface area contributed by atoms with E-state index in [1.165, 1.54) is 4.90 Å². The Balaban J connectivity index is 1.63. The highest BCUT2D eigenvalue weighted by Crippen LogP contribution is 2.38. The van der Waals surface area contributed by atoms with Crippen LogP contribution >= 0.6 is 0 Å². The molecule has 2 heterocycles. The molecule has 1 aliphatic heterocycles. The summed E-state index contributed by atoms with van der Waals surface area (Å²) in [5.41, 5.74) is 0.530. The van der Waals surface area contributed by atoms with Crippen LogP contribution in [-0.4, -0.2) is 63.7 Å². The van der Waals surface area contributed by atoms with Crippen molar-refractivity contribution in [1.29, 1.82) is 0 Å². The fourth-order valence-electron chi connectivity index (χ4n) is 2.81. The first-order chi connectivity index (χ1) is 16.3. The molecule has 0 spiro atoms. The molecule has 1 aromatic heterocycles. The molecule has 3 rings (SSSR count). The van der Waals surface area contributed by atoms with Crippen molar-refractivity contribution >= 4 is 23.9 Å². The number of ether oxygens (including phenoxy) is 1. The maximum Gasteiger partial charge on any atom is 0.416 e. The minimum absolute atomic E-state index is 0.0199. The zero-order valence-electron chi connectivity index (χ0n) is 17.5. The Labute approximate surface area is 192 Å². The lowest BCUT2D eigenvalue weighted by atomic mass is 10.0. The lowest BCUT2D eigenvalue weighted by molar-refractivity contribution is -0.146. The van der Waals surface area contributed by atoms with Crippen LogP contribution in [0.5, 0.6) is 0 Å². The molecule has 1 fully saturated rings. The molecule has 10 nitrogen and oxygen atoms in total. The van der Waals surface area contributed by atoms with Crippen LogP contribution in [0, 0.1) is 0 Å². The highest BCUT2D eigenvalue weighted by Gasteiger charge is 2.37. The van der Waals surface area contributed by atoms with Gasteiger partial charge >= 0.3 is 12.4 Å². The molecule has 1 aromatic carbocycles. The Kier molecular flexibility index (Phi) is 7.42. The number of aromatic nitrogens is 3. The monoisotopic (exact) mass is 506 g/mol. The Morgan fingerprint density at radius 1 is 1.06 bits per heavy atom. The number of morpholine rings is 1. The summed E-state index contributed by atoms with van der Waals surface area (Å²) in [6.07, 6.45) is -7.24. The molecule has 16 heteroatoms. The zero-order chi connectivity index (χ0) is 25.8. The van der Waals surface area contributed by atoms with Gasteiger partial charge in [-0.2, -0.15) is 26.3 Å². The van der Waals surface area contributed by atoms with E-state index in [-0.39, 0.29) is 38.3 Å². The quantitative estimate of drug-likeness (QED) is 0.360. The Morgan fingerprint density at radius 2 is 1.71 bits per heavy atom. The molecule has 1 saturated heterocycles. The largest absolute Gasteiger partial charge is 0.416 e. The van der Waals surface area contributed by atoms with Gasteiger partial charge in [-0.25, -0.2) is 9.67 Å². The van der Waals surface area contributed by atoms with E-state index in [0.717, 1.165) is 23.3 Å². The number of hydrogen-bond acceptors (Lipinski definition) is 6. The molecule has 0 aliphatic carbocycles. The van der Waals surface area contributed by atoms with Crippen molar-refractivity contribution in [3.63, 3.8) is 0 Å². The van der Waals surface area contributed by atoms with Crippen molar-refractivity contribution < 1.29 is 45.5 Å². The molecule has 0 bridgehead atoms. The molecule has 1 aliphatic rings. The molecular weight excluding hydrogens is 490 g/mol. The number of carbonyl (C=O) groups excluding carboxylic acids is 3. The molecule has 2 aromatic rings. The zero-order valence-corrected chi connectivity index (χ0v) is 17.5. The molecular formula is C19H16F6N6O4. The summed E-state index contributed by atoms with van der Waals surface area (Å²) in [5, 5.41) is 3.74. The minimum Gasteiger partial charge on any atom is -0.370 e. The molecule has 0 atom stereocenters. The van der Waals surface area contributed by atoms with Gasteiger partial charge in [0.25, 0.3) is 11.8 Å². The van der Waals surface area contributed by atoms with Crippen molar-refractivity contribution in [2.75, 3.05) is 26.3 Å². The second kappa shape index (κ2) is 10.1. The Hall–Kier alpha value is -3.95. The van der Waals surface area contributed by atoms with Gasteiger partial charge in [-0.1, -0.05) is 0 Å². The lowest BCUT2D eigenvalue weighted by Gasteiger charge is -2.25. The average molecular weight is 506 g/mol. The third kappa shape index (κ3) is 7.02. The molecule has 0 radical (unpaired) electrons. The van der Waals surface area contributed by atoms with E-state index in [4.69, 9.17) is 4.74 Å². The summed E-state index contributed by atoms with van der Waals surface area (Å²) in [5.74, 6) is -2.37. The first kappa shape index (κ1) is 25.7. The average Bonchev–Trinajstić information content (AvgIpc) is 3.25. The Morgan fingerprint density at radius 3 is 2.31 bits per heavy atom. The van der Waals surface area contributed by atoms with Crippen LogP contribution in [0.25, 0.3) is 17.6 Å². The number of alkyl halides is 6. The third-order valence-corrected chi connectivity index (χ3v) is 4.48. The lowest BCUT2D eigenvalue weighted by Crippen LogP contribution is -2.50. The molecule has 35 heavy (non-hydrogen) atoms. The summed E-state index contributed by atoms with van der Waals surface area (Å²) >= 11 is 0. The van der Waals surface area contributed by atoms with E-state index in [1.807, 2.05) is 5.43 Å². The molecule has 3 amide bonds. The standard InChI is InChI=1S/C19H16F6N6O4/c20-18(21,22)12-5-11(6-13(7-12)19(23,24)25)17-26-10-31(29-17)2-1-14(32)27-28-15(33)8-30-3-4-35-9-16(30)34/h1-2,5-7,10H,3-4,8-9H2,(H,27,32)(H,28,33)/b2-1-. The van der Waals surface area contributed by atoms with E-state index < -0.39 is 46.7 Å². The number of hydrazine groups is 1. The molecule has 0 saturated carbocycles. The van der Waals surface area contributed by atoms with Gasteiger partial charge in [0.2, 0.25) is 5.91 Å². The summed E-state index contributed by atoms with van der Waals surface area (Å²) in [6, 6.07) is 0.925. The van der Waals surface area contributed by atoms with Crippen LogP contribution in [0.2, 0.25) is 0 Å². The van der Waals surface area contributed by atoms with Gasteiger partial charge in [0.05, 0.1) is 17.7 Å². The van der Waals surface area contributed by atoms with E-state index in [2.05, 4.69) is 15.5 Å². The molecule has 0 unspecified atom stereocenters. The van der Waals surface area contributed by atoms with Gasteiger partial charge in [0.15, 0.2) is 5.82 Å². The minimum atomic E-state index is -5.03. The van der Waals surface area contributed by atoms with Gasteiger partial charge in [0, 0.05) is 24.4 Å². The number of nitrogens with zero attached hydrogens (tertiary/aromatic N) is 4. The highest BCUT2D eigenvalue weighted by molar-refractivity contribution is 5.92. The fraction of sp³-hybridized carbons (Fsp3) is 0.316. The highest BCUT2D eigenvalue weighted by atomic mass is 19.4. The predicted octanol–water partition coefficient (Wildman–Crippen LogP) is 1.46. The van der Waals surface area contributed by atoms with Crippen LogP contribution < -0.4 is 10.9 Å². The van der Waals surface area contributed by atoms with Crippen molar-refractivity contribution in [3.8, 4) is 11.4 Å². The van der Waals surface area contributed by atoms with Gasteiger partial charge < -0.3 is 9.64 Å². The van der Waals surface area contributed by atoms with E-state index in [9.17, 15) is 40.7 Å². The number of benzene rings is 1. The van der Waals surface area contributed by atoms with Gasteiger partial charge in [0.1, 0.15) is 19.5 Å². The summed E-state index contributed by atoms with van der Waals surface area (Å²) < 4.78 is 83.9. The van der Waals surface area contributed by atoms with Gasteiger partial charge in [-0.15, -0.1) is 5.10 Å². The number of rotatable bonds is 5. The van der Waals surface area contributed by atoms with Crippen molar-refractivity contribution in [3.05, 3.63) is 41.7 Å². The Bertz CT molecular complexity index is 1110. The maximum atomic E-state index is 13.0. The second-order valence-electron chi connectivity index (χ2n) is 7.06. The third-order valence-electron chi connectivity index (χ3n) is 4.48. The molecule has 188 valence electrons. The number of halogens is 6. The summed E-state index contributed by atoms with van der Waals surface area (Å²) in [4.78, 5) is 40.1. The summed E-state index contributed by atoms with van der Waals surface area (Å²) in [6.45, 7) is 0.0208. The first-order valence-electron chi connectivity index (χ1n) is 9.66. The van der Waals surface area contributed by atoms with E-state index >= 15 is 0 Å². The number of carbonyl (C=O) groups is 3. The maximum absolute atomic E-state index is 13.0. The number of nitrogens with one attached hydrogen (secondary N) is 2. The normalized spacial score (nSPS) is 14.9. The van der Waals surface area contributed by atoms with Crippen LogP contribution in [-0.2, 0) is 31.5 Å². The van der Waals surface area contributed by atoms with Gasteiger partial charge in [-0.05, 0) is 18.2 Å². The topological polar surface area (TPSA) is 118 Å². The van der Waals surface area contributed by atoms with Crippen LogP contribution in [0.1, 0.15) is 11.1 Å². The van der Waals surface area contributed by atoms with Crippen LogP contribution in [0.3, 0.4) is 0 Å². The van der Waals surface area contributed by atoms with E-state index in [0.29, 0.717) is 12.1 Å². The van der Waals surface area contributed by atoms with Crippen molar-refractivity contribution in [2.24, 2.45) is 0 Å². The smallest absolute Gasteiger partial charge is 0.370 e. The summed E-state index contributed by atoms with van der Waals surface area (Å²) in [7, 11) is 0. The number of hydrogen-bond donors (Lipinski definition) is 2.